The Hall–Kier alpha value is -1.10. The Morgan fingerprint density at radius 3 is 2.44 bits per heavy atom. The molecule has 5 nitrogen and oxygen atoms in total. The van der Waals surface area contributed by atoms with E-state index in [-0.39, 0.29) is 25.0 Å². The predicted molar refractivity (Wildman–Crippen MR) is 60.1 cm³/mol. The molecule has 0 aromatic rings. The third-order valence-electron chi connectivity index (χ3n) is 2.70. The molecule has 16 heavy (non-hydrogen) atoms. The van der Waals surface area contributed by atoms with Crippen LogP contribution in [0.1, 0.15) is 26.7 Å². The highest BCUT2D eigenvalue weighted by Gasteiger charge is 2.22. The first-order valence-corrected chi connectivity index (χ1v) is 5.71. The largest absolute Gasteiger partial charge is 0.480 e. The Kier molecular flexibility index (Phi) is 4.73. The van der Waals surface area contributed by atoms with E-state index in [1.54, 1.807) is 4.90 Å². The lowest BCUT2D eigenvalue weighted by Gasteiger charge is -2.23. The minimum Gasteiger partial charge on any atom is -0.480 e. The maximum Gasteiger partial charge on any atom is 0.317 e. The summed E-state index contributed by atoms with van der Waals surface area (Å²) in [5.41, 5.74) is 0. The van der Waals surface area contributed by atoms with E-state index in [4.69, 9.17) is 5.11 Å². The summed E-state index contributed by atoms with van der Waals surface area (Å²) in [5.74, 6) is -0.332. The molecule has 1 fully saturated rings. The van der Waals surface area contributed by atoms with Crippen molar-refractivity contribution < 1.29 is 14.7 Å². The molecule has 1 amide bonds. The fourth-order valence-corrected chi connectivity index (χ4v) is 1.42. The second kappa shape index (κ2) is 5.84. The number of amides is 1. The lowest BCUT2D eigenvalue weighted by molar-refractivity contribution is -0.139. The van der Waals surface area contributed by atoms with Crippen molar-refractivity contribution >= 4 is 11.9 Å². The van der Waals surface area contributed by atoms with Crippen LogP contribution in [0.5, 0.6) is 0 Å². The quantitative estimate of drug-likeness (QED) is 0.658. The van der Waals surface area contributed by atoms with Gasteiger partial charge in [0.1, 0.15) is 0 Å². The lowest BCUT2D eigenvalue weighted by atomic mass is 10.3. The van der Waals surface area contributed by atoms with Crippen molar-refractivity contribution in [2.24, 2.45) is 5.92 Å². The van der Waals surface area contributed by atoms with Crippen LogP contribution in [0.4, 0.5) is 0 Å². The van der Waals surface area contributed by atoms with E-state index in [0.717, 1.165) is 6.54 Å². The molecule has 0 spiro atoms. The summed E-state index contributed by atoms with van der Waals surface area (Å²) < 4.78 is 0. The summed E-state index contributed by atoms with van der Waals surface area (Å²) in [6.45, 7) is 4.58. The maximum atomic E-state index is 11.5. The summed E-state index contributed by atoms with van der Waals surface area (Å²) in [6, 6.07) is 0.0581. The maximum absolute atomic E-state index is 11.5. The summed E-state index contributed by atoms with van der Waals surface area (Å²) >= 11 is 0. The van der Waals surface area contributed by atoms with E-state index in [1.807, 2.05) is 13.8 Å². The van der Waals surface area contributed by atoms with Gasteiger partial charge in [-0.05, 0) is 32.6 Å². The predicted octanol–water partition coefficient (Wildman–Crippen LogP) is 0.308. The zero-order valence-electron chi connectivity index (χ0n) is 9.90. The molecule has 92 valence electrons. The number of carbonyl (C=O) groups excluding carboxylic acids is 1. The van der Waals surface area contributed by atoms with Crippen molar-refractivity contribution in [3.63, 3.8) is 0 Å². The fourth-order valence-electron chi connectivity index (χ4n) is 1.42. The van der Waals surface area contributed by atoms with E-state index in [1.165, 1.54) is 12.8 Å². The molecule has 1 aliphatic rings. The number of hydrogen-bond acceptors (Lipinski definition) is 3. The Morgan fingerprint density at radius 1 is 1.38 bits per heavy atom. The van der Waals surface area contributed by atoms with Crippen LogP contribution in [0.3, 0.4) is 0 Å². The first-order valence-electron chi connectivity index (χ1n) is 5.71. The van der Waals surface area contributed by atoms with E-state index in [0.29, 0.717) is 5.92 Å². The molecule has 5 heteroatoms. The van der Waals surface area contributed by atoms with Crippen LogP contribution in [0.2, 0.25) is 0 Å². The van der Waals surface area contributed by atoms with Crippen molar-refractivity contribution in [2.75, 3.05) is 19.6 Å². The minimum absolute atomic E-state index is 0.0581. The van der Waals surface area contributed by atoms with Gasteiger partial charge < -0.3 is 10.4 Å². The normalized spacial score (nSPS) is 15.5. The van der Waals surface area contributed by atoms with Gasteiger partial charge in [-0.1, -0.05) is 0 Å². The summed E-state index contributed by atoms with van der Waals surface area (Å²) in [6.07, 6.45) is 2.40. The number of rotatable bonds is 7. The molecule has 1 rings (SSSR count). The van der Waals surface area contributed by atoms with Gasteiger partial charge in [-0.3, -0.25) is 14.5 Å². The summed E-state index contributed by atoms with van der Waals surface area (Å²) in [7, 11) is 0. The number of aliphatic carboxylic acids is 1. The molecule has 0 aromatic carbocycles. The number of carboxylic acid groups (broad SMARTS) is 1. The van der Waals surface area contributed by atoms with Crippen LogP contribution in [-0.4, -0.2) is 47.6 Å². The van der Waals surface area contributed by atoms with Crippen LogP contribution in [0.25, 0.3) is 0 Å². The molecular weight excluding hydrogens is 208 g/mol. The highest BCUT2D eigenvalue weighted by atomic mass is 16.4. The number of nitrogens with one attached hydrogen (secondary N) is 1. The van der Waals surface area contributed by atoms with Crippen molar-refractivity contribution in [3.05, 3.63) is 0 Å². The molecule has 0 aromatic heterocycles. The lowest BCUT2D eigenvalue weighted by Crippen LogP contribution is -2.43. The molecule has 1 saturated carbocycles. The monoisotopic (exact) mass is 228 g/mol. The number of carbonyl (C=O) groups is 2. The van der Waals surface area contributed by atoms with E-state index < -0.39 is 5.97 Å². The molecule has 0 unspecified atom stereocenters. The van der Waals surface area contributed by atoms with Crippen molar-refractivity contribution in [2.45, 2.75) is 32.7 Å². The molecule has 0 radical (unpaired) electrons. The third-order valence-corrected chi connectivity index (χ3v) is 2.70. The second-order valence-corrected chi connectivity index (χ2v) is 4.64. The zero-order valence-corrected chi connectivity index (χ0v) is 9.90. The molecule has 0 bridgehead atoms. The minimum atomic E-state index is -0.899. The van der Waals surface area contributed by atoms with Gasteiger partial charge in [-0.2, -0.15) is 0 Å². The summed E-state index contributed by atoms with van der Waals surface area (Å²) in [5, 5.41) is 11.5. The topological polar surface area (TPSA) is 69.6 Å². The Labute approximate surface area is 95.8 Å². The highest BCUT2D eigenvalue weighted by molar-refractivity contribution is 5.79. The van der Waals surface area contributed by atoms with E-state index in [9.17, 15) is 9.59 Å². The highest BCUT2D eigenvalue weighted by Crippen LogP contribution is 2.27. The van der Waals surface area contributed by atoms with Crippen molar-refractivity contribution in [1.29, 1.82) is 0 Å². The van der Waals surface area contributed by atoms with Crippen LogP contribution in [-0.2, 0) is 9.59 Å². The van der Waals surface area contributed by atoms with Crippen LogP contribution >= 0.6 is 0 Å². The van der Waals surface area contributed by atoms with E-state index >= 15 is 0 Å². The van der Waals surface area contributed by atoms with Gasteiger partial charge in [0.15, 0.2) is 0 Å². The average Bonchev–Trinajstić information content (AvgIpc) is 2.96. The van der Waals surface area contributed by atoms with Gasteiger partial charge in [0.2, 0.25) is 5.91 Å². The fraction of sp³-hybridized carbons (Fsp3) is 0.818. The standard InChI is InChI=1S/C11H20N2O3/c1-8(2)13(7-11(15)16)6-10(14)12-5-9-3-4-9/h8-9H,3-7H2,1-2H3,(H,12,14)(H,15,16). The Balaban J connectivity index is 2.27. The second-order valence-electron chi connectivity index (χ2n) is 4.64. The Morgan fingerprint density at radius 2 is 2.00 bits per heavy atom. The molecule has 1 aliphatic carbocycles. The first kappa shape index (κ1) is 13.0. The SMILES string of the molecule is CC(C)N(CC(=O)O)CC(=O)NCC1CC1. The number of hydrogen-bond donors (Lipinski definition) is 2. The molecule has 0 aliphatic heterocycles. The molecular formula is C11H20N2O3. The molecule has 0 saturated heterocycles. The van der Waals surface area contributed by atoms with Gasteiger partial charge in [0.05, 0.1) is 13.1 Å². The van der Waals surface area contributed by atoms with Crippen molar-refractivity contribution in [3.8, 4) is 0 Å². The van der Waals surface area contributed by atoms with Crippen LogP contribution < -0.4 is 5.32 Å². The van der Waals surface area contributed by atoms with Crippen LogP contribution in [0.15, 0.2) is 0 Å². The smallest absolute Gasteiger partial charge is 0.317 e. The number of carboxylic acids is 1. The van der Waals surface area contributed by atoms with Crippen LogP contribution in [0, 0.1) is 5.92 Å². The van der Waals surface area contributed by atoms with E-state index in [2.05, 4.69) is 5.32 Å². The Bertz CT molecular complexity index is 262. The van der Waals surface area contributed by atoms with Gasteiger partial charge in [-0.25, -0.2) is 0 Å². The molecule has 0 atom stereocenters. The molecule has 0 heterocycles. The van der Waals surface area contributed by atoms with Gasteiger partial charge >= 0.3 is 5.97 Å². The molecule has 2 N–H and O–H groups in total. The van der Waals surface area contributed by atoms with Gasteiger partial charge in [0, 0.05) is 12.6 Å². The number of nitrogens with zero attached hydrogens (tertiary/aromatic N) is 1. The first-order chi connectivity index (χ1) is 7.49. The van der Waals surface area contributed by atoms with Gasteiger partial charge in [0.25, 0.3) is 0 Å². The van der Waals surface area contributed by atoms with Crippen molar-refractivity contribution in [1.82, 2.24) is 10.2 Å². The summed E-state index contributed by atoms with van der Waals surface area (Å²) in [4.78, 5) is 23.8. The average molecular weight is 228 g/mol. The third kappa shape index (κ3) is 5.11. The zero-order chi connectivity index (χ0) is 12.1. The van der Waals surface area contributed by atoms with Gasteiger partial charge in [-0.15, -0.1) is 0 Å².